The predicted molar refractivity (Wildman–Crippen MR) is 99.5 cm³/mol. The molecule has 0 atom stereocenters. The molecule has 0 N–H and O–H groups in total. The van der Waals surface area contributed by atoms with Crippen LogP contribution >= 0.6 is 0 Å². The fourth-order valence-electron chi connectivity index (χ4n) is 3.02. The Balaban J connectivity index is 1.64. The first kappa shape index (κ1) is 18.1. The molecule has 0 saturated carbocycles. The van der Waals surface area contributed by atoms with Crippen LogP contribution in [0.5, 0.6) is 5.75 Å². The number of carbonyl (C=O) groups excluding carboxylic acids is 1. The van der Waals surface area contributed by atoms with Crippen molar-refractivity contribution in [3.63, 3.8) is 0 Å². The van der Waals surface area contributed by atoms with E-state index in [1.54, 1.807) is 17.0 Å². The normalized spacial score (nSPS) is 14.8. The van der Waals surface area contributed by atoms with Crippen LogP contribution in [0.15, 0.2) is 30.3 Å². The lowest BCUT2D eigenvalue weighted by atomic mass is 10.2. The van der Waals surface area contributed by atoms with Crippen molar-refractivity contribution in [3.8, 4) is 5.75 Å². The van der Waals surface area contributed by atoms with Gasteiger partial charge in [-0.2, -0.15) is 5.10 Å². The monoisotopic (exact) mass is 355 g/mol. The second-order valence-corrected chi connectivity index (χ2v) is 6.22. The Morgan fingerprint density at radius 2 is 1.77 bits per heavy atom. The molecular weight excluding hydrogens is 330 g/mol. The maximum atomic E-state index is 12.4. The standard InChI is InChI=1S/C19H25N5O2/c1-3-16-17(4-2)21-22-18(20-16)23-11-8-12-24(14-13-23)19(25)26-15-9-6-5-7-10-15/h5-7,9-10H,3-4,8,11-14H2,1-2H3. The first-order valence-electron chi connectivity index (χ1n) is 9.20. The van der Waals surface area contributed by atoms with Crippen LogP contribution in [0.1, 0.15) is 31.7 Å². The van der Waals surface area contributed by atoms with Gasteiger partial charge in [-0.1, -0.05) is 32.0 Å². The van der Waals surface area contributed by atoms with E-state index in [2.05, 4.69) is 33.9 Å². The molecule has 0 radical (unpaired) electrons. The van der Waals surface area contributed by atoms with E-state index in [-0.39, 0.29) is 6.09 Å². The number of para-hydroxylation sites is 1. The Hall–Kier alpha value is -2.70. The summed E-state index contributed by atoms with van der Waals surface area (Å²) in [6, 6.07) is 9.15. The molecule has 1 saturated heterocycles. The summed E-state index contributed by atoms with van der Waals surface area (Å²) in [6.45, 7) is 6.84. The van der Waals surface area contributed by atoms with Crippen LogP contribution in [-0.4, -0.2) is 52.4 Å². The molecule has 1 aliphatic rings. The molecule has 1 aromatic carbocycles. The minimum Gasteiger partial charge on any atom is -0.410 e. The number of nitrogens with zero attached hydrogens (tertiary/aromatic N) is 5. The number of amides is 1. The Morgan fingerprint density at radius 1 is 1.00 bits per heavy atom. The van der Waals surface area contributed by atoms with E-state index in [4.69, 9.17) is 4.74 Å². The van der Waals surface area contributed by atoms with Gasteiger partial charge in [0.05, 0.1) is 11.4 Å². The Morgan fingerprint density at radius 3 is 2.50 bits per heavy atom. The summed E-state index contributed by atoms with van der Waals surface area (Å²) in [7, 11) is 0. The zero-order valence-electron chi connectivity index (χ0n) is 15.4. The van der Waals surface area contributed by atoms with E-state index in [1.165, 1.54) is 0 Å². The van der Waals surface area contributed by atoms with E-state index in [9.17, 15) is 4.79 Å². The molecule has 3 rings (SSSR count). The summed E-state index contributed by atoms with van der Waals surface area (Å²) in [5, 5.41) is 8.62. The average Bonchev–Trinajstić information content (AvgIpc) is 2.94. The molecule has 0 bridgehead atoms. The van der Waals surface area contributed by atoms with Gasteiger partial charge < -0.3 is 14.5 Å². The lowest BCUT2D eigenvalue weighted by Crippen LogP contribution is -2.37. The largest absolute Gasteiger partial charge is 0.415 e. The molecule has 1 aromatic heterocycles. The van der Waals surface area contributed by atoms with Gasteiger partial charge >= 0.3 is 6.09 Å². The Labute approximate surface area is 154 Å². The summed E-state index contributed by atoms with van der Waals surface area (Å²) in [5.41, 5.74) is 1.96. The van der Waals surface area contributed by atoms with Gasteiger partial charge in [-0.15, -0.1) is 5.10 Å². The second kappa shape index (κ2) is 8.60. The first-order valence-corrected chi connectivity index (χ1v) is 9.20. The van der Waals surface area contributed by atoms with Gasteiger partial charge in [0.2, 0.25) is 5.95 Å². The van der Waals surface area contributed by atoms with Crippen LogP contribution in [-0.2, 0) is 12.8 Å². The average molecular weight is 355 g/mol. The van der Waals surface area contributed by atoms with Gasteiger partial charge in [0.1, 0.15) is 5.75 Å². The number of hydrogen-bond acceptors (Lipinski definition) is 6. The summed E-state index contributed by atoms with van der Waals surface area (Å²) < 4.78 is 5.44. The third kappa shape index (κ3) is 4.28. The maximum absolute atomic E-state index is 12.4. The summed E-state index contributed by atoms with van der Waals surface area (Å²) in [4.78, 5) is 20.9. The molecule has 0 spiro atoms. The van der Waals surface area contributed by atoms with Crippen LogP contribution in [0.2, 0.25) is 0 Å². The number of aryl methyl sites for hydroxylation is 2. The van der Waals surface area contributed by atoms with E-state index >= 15 is 0 Å². The molecule has 1 fully saturated rings. The molecule has 2 heterocycles. The minimum atomic E-state index is -0.312. The summed E-state index contributed by atoms with van der Waals surface area (Å²) in [5.74, 6) is 1.21. The number of rotatable bonds is 4. The zero-order chi connectivity index (χ0) is 18.4. The molecule has 1 amide bonds. The fraction of sp³-hybridized carbons (Fsp3) is 0.474. The second-order valence-electron chi connectivity index (χ2n) is 6.22. The molecular formula is C19H25N5O2. The van der Waals surface area contributed by atoms with Crippen molar-refractivity contribution in [1.29, 1.82) is 0 Å². The molecule has 0 unspecified atom stereocenters. The van der Waals surface area contributed by atoms with Crippen LogP contribution in [0.3, 0.4) is 0 Å². The van der Waals surface area contributed by atoms with E-state index in [1.807, 2.05) is 18.2 Å². The highest BCUT2D eigenvalue weighted by Gasteiger charge is 2.22. The van der Waals surface area contributed by atoms with E-state index < -0.39 is 0 Å². The van der Waals surface area contributed by atoms with Crippen molar-refractivity contribution in [2.24, 2.45) is 0 Å². The molecule has 7 heteroatoms. The van der Waals surface area contributed by atoms with E-state index in [0.29, 0.717) is 31.3 Å². The molecule has 138 valence electrons. The van der Waals surface area contributed by atoms with Gasteiger partial charge in [-0.25, -0.2) is 9.78 Å². The third-order valence-electron chi connectivity index (χ3n) is 4.48. The van der Waals surface area contributed by atoms with Crippen molar-refractivity contribution in [3.05, 3.63) is 41.7 Å². The van der Waals surface area contributed by atoms with Crippen molar-refractivity contribution < 1.29 is 9.53 Å². The molecule has 1 aliphatic heterocycles. The maximum Gasteiger partial charge on any atom is 0.415 e. The van der Waals surface area contributed by atoms with Crippen molar-refractivity contribution in [2.45, 2.75) is 33.1 Å². The SMILES string of the molecule is CCc1nnc(N2CCCN(C(=O)Oc3ccccc3)CC2)nc1CC. The zero-order valence-corrected chi connectivity index (χ0v) is 15.4. The summed E-state index contributed by atoms with van der Waals surface area (Å²) in [6.07, 6.45) is 2.20. The number of benzene rings is 1. The number of aromatic nitrogens is 3. The topological polar surface area (TPSA) is 71.5 Å². The van der Waals surface area contributed by atoms with Crippen molar-refractivity contribution in [2.75, 3.05) is 31.1 Å². The summed E-state index contributed by atoms with van der Waals surface area (Å²) >= 11 is 0. The van der Waals surface area contributed by atoms with Gasteiger partial charge in [0.15, 0.2) is 0 Å². The minimum absolute atomic E-state index is 0.312. The smallest absolute Gasteiger partial charge is 0.410 e. The van der Waals surface area contributed by atoms with Crippen LogP contribution < -0.4 is 9.64 Å². The molecule has 7 nitrogen and oxygen atoms in total. The van der Waals surface area contributed by atoms with Gasteiger partial charge in [-0.05, 0) is 31.4 Å². The number of ether oxygens (including phenoxy) is 1. The van der Waals surface area contributed by atoms with Gasteiger partial charge in [0, 0.05) is 26.2 Å². The van der Waals surface area contributed by atoms with Crippen LogP contribution in [0, 0.1) is 0 Å². The van der Waals surface area contributed by atoms with Crippen molar-refractivity contribution >= 4 is 12.0 Å². The predicted octanol–water partition coefficient (Wildman–Crippen LogP) is 2.71. The van der Waals surface area contributed by atoms with Gasteiger partial charge in [-0.3, -0.25) is 0 Å². The molecule has 0 aliphatic carbocycles. The van der Waals surface area contributed by atoms with E-state index in [0.717, 1.165) is 37.2 Å². The number of anilines is 1. The highest BCUT2D eigenvalue weighted by molar-refractivity contribution is 5.70. The van der Waals surface area contributed by atoms with Crippen molar-refractivity contribution in [1.82, 2.24) is 20.1 Å². The highest BCUT2D eigenvalue weighted by Crippen LogP contribution is 2.15. The number of hydrogen-bond donors (Lipinski definition) is 0. The van der Waals surface area contributed by atoms with Gasteiger partial charge in [0.25, 0.3) is 0 Å². The third-order valence-corrected chi connectivity index (χ3v) is 4.48. The van der Waals surface area contributed by atoms with Crippen LogP contribution in [0.25, 0.3) is 0 Å². The first-order chi connectivity index (χ1) is 12.7. The number of carbonyl (C=O) groups is 1. The molecule has 2 aromatic rings. The molecule has 26 heavy (non-hydrogen) atoms. The quantitative estimate of drug-likeness (QED) is 0.840. The Bertz CT molecular complexity index is 738. The lowest BCUT2D eigenvalue weighted by molar-refractivity contribution is 0.155. The Kier molecular flexibility index (Phi) is 5.99. The highest BCUT2D eigenvalue weighted by atomic mass is 16.6. The van der Waals surface area contributed by atoms with Crippen LogP contribution in [0.4, 0.5) is 10.7 Å². The lowest BCUT2D eigenvalue weighted by Gasteiger charge is -2.22. The fourth-order valence-corrected chi connectivity index (χ4v) is 3.02.